The third-order valence-electron chi connectivity index (χ3n) is 5.13. The van der Waals surface area contributed by atoms with Crippen LogP contribution in [-0.2, 0) is 0 Å². The summed E-state index contributed by atoms with van der Waals surface area (Å²) in [4.78, 5) is 19.8. The number of hydrogen-bond donors (Lipinski definition) is 3. The lowest BCUT2D eigenvalue weighted by Crippen LogP contribution is -2.02. The van der Waals surface area contributed by atoms with Gasteiger partial charge in [-0.25, -0.2) is 4.79 Å². The Morgan fingerprint density at radius 3 is 2.72 bits per heavy atom. The Bertz CT molecular complexity index is 1410. The molecule has 0 bridgehead atoms. The molecule has 0 amide bonds. The highest BCUT2D eigenvalue weighted by atomic mass is 16.4. The molecule has 0 fully saturated rings. The first-order valence-corrected chi connectivity index (χ1v) is 9.06. The van der Waals surface area contributed by atoms with Crippen LogP contribution in [0, 0.1) is 6.92 Å². The van der Waals surface area contributed by atoms with Gasteiger partial charge < -0.3 is 19.6 Å². The predicted octanol–water partition coefficient (Wildman–Crippen LogP) is 4.76. The van der Waals surface area contributed by atoms with Crippen molar-refractivity contribution in [2.24, 2.45) is 4.99 Å². The summed E-state index contributed by atoms with van der Waals surface area (Å²) in [6.45, 7) is 1.96. The summed E-state index contributed by atoms with van der Waals surface area (Å²) in [5.41, 5.74) is 3.90. The maximum absolute atomic E-state index is 12.3. The molecule has 3 N–H and O–H groups in total. The maximum Gasteiger partial charge on any atom is 0.379 e. The fraction of sp³-hybridized carbons (Fsp3) is 0.0435. The third kappa shape index (κ3) is 2.57. The van der Waals surface area contributed by atoms with Crippen molar-refractivity contribution in [3.8, 4) is 22.6 Å². The van der Waals surface area contributed by atoms with Gasteiger partial charge in [0, 0.05) is 40.0 Å². The number of fused-ring (bicyclic) bond motifs is 2. The van der Waals surface area contributed by atoms with Crippen molar-refractivity contribution >= 4 is 34.5 Å². The molecule has 5 rings (SSSR count). The van der Waals surface area contributed by atoms with Crippen molar-refractivity contribution < 1.29 is 14.6 Å². The molecule has 6 nitrogen and oxygen atoms in total. The Hall–Kier alpha value is -4.06. The topological polar surface area (TPSA) is 98.8 Å². The second-order valence-electron chi connectivity index (χ2n) is 6.90. The molecule has 6 heteroatoms. The highest BCUT2D eigenvalue weighted by molar-refractivity contribution is 6.21. The summed E-state index contributed by atoms with van der Waals surface area (Å²) in [6, 6.07) is 13.2. The van der Waals surface area contributed by atoms with Crippen molar-refractivity contribution in [3.63, 3.8) is 0 Å². The molecule has 1 aliphatic heterocycles. The molecule has 2 aromatic carbocycles. The monoisotopic (exact) mass is 384 g/mol. The third-order valence-corrected chi connectivity index (χ3v) is 5.13. The van der Waals surface area contributed by atoms with Crippen LogP contribution in [0.4, 0.5) is 5.69 Å². The molecule has 0 spiro atoms. The minimum absolute atomic E-state index is 0.0324. The number of H-pyrrole nitrogens is 1. The van der Waals surface area contributed by atoms with E-state index < -0.39 is 11.4 Å². The van der Waals surface area contributed by atoms with Crippen LogP contribution in [0.15, 0.2) is 62.9 Å². The molecule has 3 heterocycles. The molecule has 0 unspecified atom stereocenters. The highest BCUT2D eigenvalue weighted by Gasteiger charge is 2.23. The lowest BCUT2D eigenvalue weighted by Gasteiger charge is -2.08. The highest BCUT2D eigenvalue weighted by Crippen LogP contribution is 2.42. The van der Waals surface area contributed by atoms with Crippen molar-refractivity contribution in [3.05, 3.63) is 76.0 Å². The number of aromatic hydroxyl groups is 2. The number of rotatable bonds is 2. The molecule has 4 aromatic rings. The second kappa shape index (κ2) is 6.24. The molecule has 0 aliphatic carbocycles. The van der Waals surface area contributed by atoms with E-state index >= 15 is 0 Å². The van der Waals surface area contributed by atoms with Crippen LogP contribution in [0.1, 0.15) is 16.9 Å². The van der Waals surface area contributed by atoms with Gasteiger partial charge in [0.05, 0.1) is 11.3 Å². The summed E-state index contributed by atoms with van der Waals surface area (Å²) in [6.07, 6.45) is 4.87. The number of nitrogens with zero attached hydrogens (tertiary/aromatic N) is 1. The number of para-hydroxylation sites is 2. The van der Waals surface area contributed by atoms with Crippen LogP contribution < -0.4 is 5.63 Å². The average molecular weight is 384 g/mol. The summed E-state index contributed by atoms with van der Waals surface area (Å²) in [7, 11) is 0. The van der Waals surface area contributed by atoms with Gasteiger partial charge in [0.2, 0.25) is 5.75 Å². The minimum Gasteiger partial charge on any atom is -0.504 e. The first kappa shape index (κ1) is 17.1. The quantitative estimate of drug-likeness (QED) is 0.464. The van der Waals surface area contributed by atoms with Crippen LogP contribution in [0.2, 0.25) is 0 Å². The molecule has 29 heavy (non-hydrogen) atoms. The number of benzene rings is 2. The van der Waals surface area contributed by atoms with Gasteiger partial charge in [-0.2, -0.15) is 0 Å². The minimum atomic E-state index is -0.922. The summed E-state index contributed by atoms with van der Waals surface area (Å²) >= 11 is 0. The first-order valence-electron chi connectivity index (χ1n) is 9.06. The standard InChI is InChI=1S/C23H16N2O4/c1-12-5-4-7-14-13(10-25-20(12)14)9-18-21(26)19(22(27)23(28)29-18)16-11-24-17-8-3-2-6-15(16)17/h2-11,24,26-27H,1H3/b13-9+. The molecular weight excluding hydrogens is 368 g/mol. The Labute approximate surface area is 165 Å². The Morgan fingerprint density at radius 1 is 1.03 bits per heavy atom. The number of aryl methyl sites for hydroxylation is 1. The van der Waals surface area contributed by atoms with Gasteiger partial charge in [-0.1, -0.05) is 36.4 Å². The smallest absolute Gasteiger partial charge is 0.379 e. The summed E-state index contributed by atoms with van der Waals surface area (Å²) < 4.78 is 5.19. The maximum atomic E-state index is 12.3. The summed E-state index contributed by atoms with van der Waals surface area (Å²) in [5.74, 6) is -0.983. The normalized spacial score (nSPS) is 14.0. The van der Waals surface area contributed by atoms with Crippen LogP contribution in [0.25, 0.3) is 33.7 Å². The Kier molecular flexibility index (Phi) is 3.67. The van der Waals surface area contributed by atoms with E-state index in [1.807, 2.05) is 49.4 Å². The Balaban J connectivity index is 1.73. The fourth-order valence-corrected chi connectivity index (χ4v) is 3.69. The zero-order chi connectivity index (χ0) is 20.1. The lowest BCUT2D eigenvalue weighted by atomic mass is 10.0. The summed E-state index contributed by atoms with van der Waals surface area (Å²) in [5, 5.41) is 22.0. The predicted molar refractivity (Wildman–Crippen MR) is 113 cm³/mol. The van der Waals surface area contributed by atoms with Gasteiger partial charge in [-0.15, -0.1) is 0 Å². The Morgan fingerprint density at radius 2 is 1.86 bits per heavy atom. The molecular formula is C23H16N2O4. The van der Waals surface area contributed by atoms with Gasteiger partial charge in [0.1, 0.15) is 0 Å². The lowest BCUT2D eigenvalue weighted by molar-refractivity contribution is 0.378. The first-order chi connectivity index (χ1) is 14.0. The van der Waals surface area contributed by atoms with E-state index in [0.717, 1.165) is 27.7 Å². The van der Waals surface area contributed by atoms with Crippen molar-refractivity contribution in [2.45, 2.75) is 6.92 Å². The molecule has 0 radical (unpaired) electrons. The van der Waals surface area contributed by atoms with E-state index in [9.17, 15) is 15.0 Å². The number of aromatic amines is 1. The van der Waals surface area contributed by atoms with Gasteiger partial charge in [-0.3, -0.25) is 4.99 Å². The van der Waals surface area contributed by atoms with E-state index in [2.05, 4.69) is 9.98 Å². The number of allylic oxidation sites excluding steroid dienone is 1. The van der Waals surface area contributed by atoms with E-state index in [4.69, 9.17) is 4.42 Å². The number of nitrogens with one attached hydrogen (secondary N) is 1. The molecule has 1 aliphatic rings. The van der Waals surface area contributed by atoms with Gasteiger partial charge in [-0.05, 0) is 24.6 Å². The van der Waals surface area contributed by atoms with Gasteiger partial charge in [0.15, 0.2) is 11.5 Å². The van der Waals surface area contributed by atoms with Crippen LogP contribution in [0.5, 0.6) is 11.5 Å². The van der Waals surface area contributed by atoms with Crippen molar-refractivity contribution in [1.82, 2.24) is 4.98 Å². The van der Waals surface area contributed by atoms with Crippen LogP contribution >= 0.6 is 0 Å². The van der Waals surface area contributed by atoms with E-state index in [0.29, 0.717) is 11.1 Å². The molecule has 0 saturated carbocycles. The number of hydrogen-bond acceptors (Lipinski definition) is 5. The zero-order valence-electron chi connectivity index (χ0n) is 15.4. The van der Waals surface area contributed by atoms with E-state index in [1.54, 1.807) is 18.5 Å². The molecule has 0 saturated heterocycles. The van der Waals surface area contributed by atoms with Gasteiger partial charge >= 0.3 is 5.63 Å². The second-order valence-corrected chi connectivity index (χ2v) is 6.90. The van der Waals surface area contributed by atoms with E-state index in [1.165, 1.54) is 0 Å². The van der Waals surface area contributed by atoms with Crippen LogP contribution in [-0.4, -0.2) is 21.4 Å². The largest absolute Gasteiger partial charge is 0.504 e. The number of aromatic nitrogens is 1. The molecule has 2 aromatic heterocycles. The van der Waals surface area contributed by atoms with Crippen LogP contribution in [0.3, 0.4) is 0 Å². The van der Waals surface area contributed by atoms with E-state index in [-0.39, 0.29) is 17.1 Å². The van der Waals surface area contributed by atoms with Crippen molar-refractivity contribution in [2.75, 3.05) is 0 Å². The number of aliphatic imine (C=N–C) groups is 1. The zero-order valence-corrected chi connectivity index (χ0v) is 15.4. The average Bonchev–Trinajstić information content (AvgIpc) is 3.32. The van der Waals surface area contributed by atoms with Crippen molar-refractivity contribution in [1.29, 1.82) is 0 Å². The SMILES string of the molecule is Cc1cccc2c1N=C/C2=C\c1oc(=O)c(O)c(-c2c[nH]c3ccccc23)c1O. The molecule has 142 valence electrons. The molecule has 0 atom stereocenters. The fourth-order valence-electron chi connectivity index (χ4n) is 3.69. The van der Waals surface area contributed by atoms with Gasteiger partial charge in [0.25, 0.3) is 0 Å².